The standard InChI is InChI=1S/C16H21F2NO3/c1-10(2)19(15(21)22-16(3,4)5)9-14(20)11-6-7-12(17)13(18)8-11/h6-8,10H,9H2,1-5H3. The van der Waals surface area contributed by atoms with Crippen LogP contribution in [0, 0.1) is 11.6 Å². The Labute approximate surface area is 129 Å². The van der Waals surface area contributed by atoms with E-state index in [0.29, 0.717) is 0 Å². The fourth-order valence-electron chi connectivity index (χ4n) is 1.69. The van der Waals surface area contributed by atoms with Crippen LogP contribution in [0.4, 0.5) is 13.6 Å². The summed E-state index contributed by atoms with van der Waals surface area (Å²) in [4.78, 5) is 25.5. The Hall–Kier alpha value is -1.98. The topological polar surface area (TPSA) is 46.6 Å². The quantitative estimate of drug-likeness (QED) is 0.794. The van der Waals surface area contributed by atoms with E-state index in [1.807, 2.05) is 0 Å². The summed E-state index contributed by atoms with van der Waals surface area (Å²) < 4.78 is 31.3. The molecular weight excluding hydrogens is 292 g/mol. The molecule has 0 atom stereocenters. The molecule has 0 bridgehead atoms. The van der Waals surface area contributed by atoms with Crippen molar-refractivity contribution in [3.8, 4) is 0 Å². The highest BCUT2D eigenvalue weighted by Crippen LogP contribution is 2.14. The number of ketones is 1. The zero-order chi connectivity index (χ0) is 17.1. The molecule has 1 amide bonds. The normalized spacial score (nSPS) is 11.5. The Morgan fingerprint density at radius 2 is 1.77 bits per heavy atom. The second kappa shape index (κ2) is 6.85. The molecule has 0 spiro atoms. The molecule has 0 saturated carbocycles. The Morgan fingerprint density at radius 3 is 2.23 bits per heavy atom. The van der Waals surface area contributed by atoms with E-state index in [1.54, 1.807) is 34.6 Å². The van der Waals surface area contributed by atoms with E-state index in [2.05, 4.69) is 0 Å². The first-order valence-corrected chi connectivity index (χ1v) is 6.99. The number of nitrogens with zero attached hydrogens (tertiary/aromatic N) is 1. The van der Waals surface area contributed by atoms with Crippen LogP contribution in [0.3, 0.4) is 0 Å². The van der Waals surface area contributed by atoms with Crippen molar-refractivity contribution < 1.29 is 23.1 Å². The summed E-state index contributed by atoms with van der Waals surface area (Å²) in [5, 5.41) is 0. The average molecular weight is 313 g/mol. The summed E-state index contributed by atoms with van der Waals surface area (Å²) in [5.41, 5.74) is -0.678. The van der Waals surface area contributed by atoms with Gasteiger partial charge in [0.25, 0.3) is 0 Å². The van der Waals surface area contributed by atoms with Gasteiger partial charge in [-0.3, -0.25) is 9.69 Å². The first-order valence-electron chi connectivity index (χ1n) is 6.99. The maximum atomic E-state index is 13.2. The highest BCUT2D eigenvalue weighted by Gasteiger charge is 2.26. The van der Waals surface area contributed by atoms with E-state index in [1.165, 1.54) is 11.0 Å². The minimum atomic E-state index is -1.10. The van der Waals surface area contributed by atoms with Gasteiger partial charge in [0.15, 0.2) is 17.4 Å². The van der Waals surface area contributed by atoms with Crippen molar-refractivity contribution in [2.24, 2.45) is 0 Å². The molecule has 4 nitrogen and oxygen atoms in total. The fraction of sp³-hybridized carbons (Fsp3) is 0.500. The highest BCUT2D eigenvalue weighted by atomic mass is 19.2. The lowest BCUT2D eigenvalue weighted by atomic mass is 10.1. The number of benzene rings is 1. The second-order valence-electron chi connectivity index (χ2n) is 6.25. The molecular formula is C16H21F2NO3. The lowest BCUT2D eigenvalue weighted by molar-refractivity contribution is 0.0191. The zero-order valence-corrected chi connectivity index (χ0v) is 13.4. The highest BCUT2D eigenvalue weighted by molar-refractivity contribution is 5.98. The van der Waals surface area contributed by atoms with Gasteiger partial charge in [-0.1, -0.05) is 0 Å². The number of amides is 1. The summed E-state index contributed by atoms with van der Waals surface area (Å²) in [6.45, 7) is 8.38. The molecule has 0 fully saturated rings. The van der Waals surface area contributed by atoms with Gasteiger partial charge in [-0.15, -0.1) is 0 Å². The number of Topliss-reactive ketones (excluding diaryl/α,β-unsaturated/α-hetero) is 1. The zero-order valence-electron chi connectivity index (χ0n) is 13.4. The van der Waals surface area contributed by atoms with E-state index in [0.717, 1.165) is 12.1 Å². The maximum Gasteiger partial charge on any atom is 0.410 e. The summed E-state index contributed by atoms with van der Waals surface area (Å²) in [7, 11) is 0. The number of hydrogen-bond acceptors (Lipinski definition) is 3. The molecule has 6 heteroatoms. The van der Waals surface area contributed by atoms with Crippen LogP contribution in [0.15, 0.2) is 18.2 Å². The van der Waals surface area contributed by atoms with E-state index >= 15 is 0 Å². The Morgan fingerprint density at radius 1 is 1.18 bits per heavy atom. The molecule has 0 saturated heterocycles. The van der Waals surface area contributed by atoms with Crippen LogP contribution in [0.25, 0.3) is 0 Å². The maximum absolute atomic E-state index is 13.2. The van der Waals surface area contributed by atoms with Crippen molar-refractivity contribution in [1.82, 2.24) is 4.90 Å². The third kappa shape index (κ3) is 5.09. The average Bonchev–Trinajstić information content (AvgIpc) is 2.36. The van der Waals surface area contributed by atoms with Crippen molar-refractivity contribution in [1.29, 1.82) is 0 Å². The Kier molecular flexibility index (Phi) is 5.63. The molecule has 22 heavy (non-hydrogen) atoms. The number of rotatable bonds is 4. The number of hydrogen-bond donors (Lipinski definition) is 0. The SMILES string of the molecule is CC(C)N(CC(=O)c1ccc(F)c(F)c1)C(=O)OC(C)(C)C. The monoisotopic (exact) mass is 313 g/mol. The second-order valence-corrected chi connectivity index (χ2v) is 6.25. The minimum Gasteiger partial charge on any atom is -0.444 e. The molecule has 1 aromatic rings. The van der Waals surface area contributed by atoms with Crippen LogP contribution in [-0.4, -0.2) is 35.0 Å². The molecule has 0 aromatic heterocycles. The van der Waals surface area contributed by atoms with Crippen LogP contribution >= 0.6 is 0 Å². The van der Waals surface area contributed by atoms with Crippen LogP contribution < -0.4 is 0 Å². The lowest BCUT2D eigenvalue weighted by Gasteiger charge is -2.29. The largest absolute Gasteiger partial charge is 0.444 e. The van der Waals surface area contributed by atoms with Crippen LogP contribution in [0.5, 0.6) is 0 Å². The lowest BCUT2D eigenvalue weighted by Crippen LogP contribution is -2.43. The number of ether oxygens (including phenoxy) is 1. The predicted octanol–water partition coefficient (Wildman–Crippen LogP) is 3.79. The molecule has 1 aromatic carbocycles. The third-order valence-corrected chi connectivity index (χ3v) is 2.81. The molecule has 0 radical (unpaired) electrons. The Bertz CT molecular complexity index is 565. The number of halogens is 2. The van der Waals surface area contributed by atoms with Gasteiger partial charge in [-0.25, -0.2) is 13.6 Å². The van der Waals surface area contributed by atoms with Crippen molar-refractivity contribution in [2.45, 2.75) is 46.3 Å². The van der Waals surface area contributed by atoms with Gasteiger partial charge in [-0.2, -0.15) is 0 Å². The van der Waals surface area contributed by atoms with Crippen LogP contribution in [-0.2, 0) is 4.74 Å². The van der Waals surface area contributed by atoms with Crippen molar-refractivity contribution in [2.75, 3.05) is 6.54 Å². The molecule has 1 rings (SSSR count). The van der Waals surface area contributed by atoms with Gasteiger partial charge in [0.1, 0.15) is 5.60 Å². The molecule has 0 N–H and O–H groups in total. The van der Waals surface area contributed by atoms with E-state index in [-0.39, 0.29) is 18.2 Å². The van der Waals surface area contributed by atoms with Crippen molar-refractivity contribution >= 4 is 11.9 Å². The fourth-order valence-corrected chi connectivity index (χ4v) is 1.69. The summed E-state index contributed by atoms with van der Waals surface area (Å²) in [6, 6.07) is 2.62. The van der Waals surface area contributed by atoms with Gasteiger partial charge in [0.2, 0.25) is 0 Å². The third-order valence-electron chi connectivity index (χ3n) is 2.81. The van der Waals surface area contributed by atoms with Gasteiger partial charge in [0, 0.05) is 11.6 Å². The smallest absolute Gasteiger partial charge is 0.410 e. The van der Waals surface area contributed by atoms with Gasteiger partial charge < -0.3 is 4.74 Å². The van der Waals surface area contributed by atoms with Crippen molar-refractivity contribution in [3.05, 3.63) is 35.4 Å². The van der Waals surface area contributed by atoms with Crippen LogP contribution in [0.2, 0.25) is 0 Å². The van der Waals surface area contributed by atoms with E-state index < -0.39 is 29.1 Å². The first kappa shape index (κ1) is 18.1. The van der Waals surface area contributed by atoms with E-state index in [4.69, 9.17) is 4.74 Å². The number of carbonyl (C=O) groups excluding carboxylic acids is 2. The molecule has 0 aliphatic carbocycles. The molecule has 122 valence electrons. The van der Waals surface area contributed by atoms with Crippen molar-refractivity contribution in [3.63, 3.8) is 0 Å². The first-order chi connectivity index (χ1) is 10.0. The summed E-state index contributed by atoms with van der Waals surface area (Å²) >= 11 is 0. The van der Waals surface area contributed by atoms with E-state index in [9.17, 15) is 18.4 Å². The van der Waals surface area contributed by atoms with Gasteiger partial charge in [-0.05, 0) is 52.8 Å². The predicted molar refractivity (Wildman–Crippen MR) is 78.8 cm³/mol. The molecule has 0 heterocycles. The summed E-state index contributed by atoms with van der Waals surface area (Å²) in [6.07, 6.45) is -0.626. The number of carbonyl (C=O) groups is 2. The minimum absolute atomic E-state index is 0.00751. The molecule has 0 aliphatic rings. The molecule has 0 unspecified atom stereocenters. The van der Waals surface area contributed by atoms with Gasteiger partial charge in [0.05, 0.1) is 6.54 Å². The van der Waals surface area contributed by atoms with Gasteiger partial charge >= 0.3 is 6.09 Å². The Balaban J connectivity index is 2.88. The summed E-state index contributed by atoms with van der Waals surface area (Å²) in [5.74, 6) is -2.61. The molecule has 0 aliphatic heterocycles. The van der Waals surface area contributed by atoms with Crippen LogP contribution in [0.1, 0.15) is 45.0 Å².